The Morgan fingerprint density at radius 1 is 0.374 bits per heavy atom. The molecule has 0 spiro atoms. The third kappa shape index (κ3) is 23.2. The monoisotopic (exact) mass is 1540 g/mol. The van der Waals surface area contributed by atoms with Crippen molar-refractivity contribution < 1.29 is 52.4 Å². The zero-order valence-corrected chi connectivity index (χ0v) is 73.9. The average Bonchev–Trinajstić information content (AvgIpc) is 1.65. The van der Waals surface area contributed by atoms with Gasteiger partial charge in [0, 0.05) is 25.3 Å². The predicted octanol–water partition coefficient (Wildman–Crippen LogP) is 20.9. The summed E-state index contributed by atoms with van der Waals surface area (Å²) >= 11 is 0. The second kappa shape index (κ2) is 43.2. The molecule has 0 aromatic heterocycles. The Labute approximate surface area is 648 Å². The molecule has 12 aliphatic rings. The standard InChI is InChI=1S/C34H46NP.C34H42NP.C2H7N.7C2H6N.CH3.2Zr/c2*1-32(2)23-33(3,4)31-19-29(18-30(31)32)36(27-11-7-5-8-12-27,28-13-9-6-10-14-28)35-34-20-24-15-25(21-34)17-26(16-24)22-34;8*1-3-2;;;/h5-14,24-26,29-31H,15-23H2,1-4H3;5-14,18-19,24-26,35H,15-17,20-23H2,1-4H3;3H,1-2H3;7*1-2H3;1H3;;/q;;;8*-1;2*+4. The van der Waals surface area contributed by atoms with Crippen molar-refractivity contribution in [3.05, 3.63) is 189 Å². The first kappa shape index (κ1) is 93.4. The fraction of sp³-hybridized carbons (Fsp3) is 0.647. The summed E-state index contributed by atoms with van der Waals surface area (Å²) < 4.78 is 6.46. The van der Waals surface area contributed by atoms with Gasteiger partial charge in [-0.05, 0) is 236 Å². The van der Waals surface area contributed by atoms with Crippen LogP contribution in [0.4, 0.5) is 0 Å². The van der Waals surface area contributed by atoms with Crippen LogP contribution in [0.1, 0.15) is 158 Å². The number of hydrogen-bond acceptors (Lipinski definition) is 3. The predicted molar refractivity (Wildman–Crippen MR) is 439 cm³/mol. The van der Waals surface area contributed by atoms with Crippen molar-refractivity contribution >= 4 is 40.6 Å². The van der Waals surface area contributed by atoms with Crippen molar-refractivity contribution in [3.8, 4) is 0 Å². The van der Waals surface area contributed by atoms with Crippen LogP contribution in [0, 0.1) is 76.4 Å². The minimum atomic E-state index is -2.05. The molecule has 11 saturated carbocycles. The van der Waals surface area contributed by atoms with Gasteiger partial charge in [0.05, 0.1) is 5.54 Å². The molecular formula is C85H140N10P2Zr2. The van der Waals surface area contributed by atoms with Crippen LogP contribution < -0.4 is 31.6 Å². The van der Waals surface area contributed by atoms with Crippen LogP contribution in [0.3, 0.4) is 0 Å². The van der Waals surface area contributed by atoms with Gasteiger partial charge in [-0.1, -0.05) is 177 Å². The Kier molecular flexibility index (Phi) is 40.7. The molecule has 2 N–H and O–H groups in total. The van der Waals surface area contributed by atoms with Crippen LogP contribution >= 0.6 is 14.1 Å². The Morgan fingerprint density at radius 3 is 0.899 bits per heavy atom. The second-order valence-corrected chi connectivity index (χ2v) is 39.3. The Bertz CT molecular complexity index is 2840. The number of fused-ring (bicyclic) bond motifs is 2. The molecule has 14 heteroatoms. The van der Waals surface area contributed by atoms with Crippen molar-refractivity contribution in [2.24, 2.45) is 73.7 Å². The molecule has 16 rings (SSSR count). The van der Waals surface area contributed by atoms with Gasteiger partial charge in [0.1, 0.15) is 0 Å². The number of nitrogens with zero attached hydrogens (tertiary/aromatic N) is 8. The SMILES string of the molecule is CC1(C)CC(C)(C)C2=CC(=P(NC34CC5CC(CC(C5)C3)C4)(c3ccccc3)c3ccccc3)C=C21.CC1(C)CC(C)(C)C2CC(P(=NC34CC5CC(CC(C5)C3)C4)(c3ccccc3)c3ccccc3)CC21.CNC.C[N-]C.C[N-]C.C[N-]C.C[N-]C.C[N-]C.C[N-]C.C[N-]C.[CH3-].[Zr+4].[Zr+4]. The molecule has 548 valence electrons. The van der Waals surface area contributed by atoms with Crippen LogP contribution in [0.2, 0.25) is 0 Å². The van der Waals surface area contributed by atoms with Crippen LogP contribution in [-0.4, -0.2) is 135 Å². The van der Waals surface area contributed by atoms with Crippen molar-refractivity contribution in [2.45, 2.75) is 175 Å². The molecule has 10 nitrogen and oxygen atoms in total. The molecule has 0 saturated heterocycles. The number of allylic oxidation sites excluding steroid dienone is 4. The molecule has 0 heterocycles. The van der Waals surface area contributed by atoms with Gasteiger partial charge in [0.2, 0.25) is 0 Å². The molecule has 2 unspecified atom stereocenters. The van der Waals surface area contributed by atoms with E-state index in [0.717, 1.165) is 47.3 Å². The maximum Gasteiger partial charge on any atom is 4.00 e. The Balaban J connectivity index is 0.000000500. The van der Waals surface area contributed by atoms with Gasteiger partial charge in [-0.15, -0.1) is 0 Å². The molecule has 2 atom stereocenters. The first-order valence-corrected chi connectivity index (χ1v) is 40.1. The molecule has 8 bridgehead atoms. The maximum atomic E-state index is 6.46. The van der Waals surface area contributed by atoms with Crippen LogP contribution in [-0.2, 0) is 52.4 Å². The van der Waals surface area contributed by atoms with E-state index in [1.165, 1.54) is 113 Å². The first-order valence-electron chi connectivity index (χ1n) is 36.5. The molecule has 11 fully saturated rings. The van der Waals surface area contributed by atoms with Crippen molar-refractivity contribution in [3.63, 3.8) is 0 Å². The van der Waals surface area contributed by atoms with Gasteiger partial charge >= 0.3 is 52.4 Å². The van der Waals surface area contributed by atoms with Crippen LogP contribution in [0.25, 0.3) is 37.2 Å². The van der Waals surface area contributed by atoms with E-state index in [2.05, 4.69) is 236 Å². The largest absolute Gasteiger partial charge is 4.00 e. The third-order valence-corrected chi connectivity index (χ3v) is 30.4. The Hall–Kier alpha value is -1.70. The van der Waals surface area contributed by atoms with Crippen LogP contribution in [0.5, 0.6) is 0 Å². The van der Waals surface area contributed by atoms with Crippen molar-refractivity contribution in [1.29, 1.82) is 0 Å². The molecule has 0 amide bonds. The summed E-state index contributed by atoms with van der Waals surface area (Å²) in [7, 11) is 24.3. The number of benzene rings is 4. The van der Waals surface area contributed by atoms with Gasteiger partial charge in [0.25, 0.3) is 0 Å². The number of hydrogen-bond donors (Lipinski definition) is 2. The van der Waals surface area contributed by atoms with Gasteiger partial charge in [0.15, 0.2) is 0 Å². The summed E-state index contributed by atoms with van der Waals surface area (Å²) in [5.74, 6) is 7.27. The smallest absolute Gasteiger partial charge is 0.668 e. The molecular weight excluding hydrogens is 1410 g/mol. The van der Waals surface area contributed by atoms with Gasteiger partial charge < -0.3 is 50.0 Å². The zero-order valence-electron chi connectivity index (χ0n) is 67.2. The molecule has 99 heavy (non-hydrogen) atoms. The van der Waals surface area contributed by atoms with Gasteiger partial charge in [-0.25, -0.2) is 0 Å². The topological polar surface area (TPSA) is 135 Å². The second-order valence-electron chi connectivity index (χ2n) is 32.9. The van der Waals surface area contributed by atoms with Crippen molar-refractivity contribution in [1.82, 2.24) is 10.4 Å². The van der Waals surface area contributed by atoms with E-state index in [4.69, 9.17) is 4.74 Å². The normalized spacial score (nSPS) is 28.1. The first-order chi connectivity index (χ1) is 45.7. The quantitative estimate of drug-likeness (QED) is 0.134. The van der Waals surface area contributed by atoms with E-state index in [1.807, 2.05) is 14.1 Å². The molecule has 0 aliphatic heterocycles. The zero-order chi connectivity index (χ0) is 71.2. The molecule has 4 aromatic rings. The maximum absolute atomic E-state index is 6.46. The van der Waals surface area contributed by atoms with E-state index in [-0.39, 0.29) is 81.7 Å². The summed E-state index contributed by atoms with van der Waals surface area (Å²) in [4.78, 5) is 0. The van der Waals surface area contributed by atoms with Gasteiger partial charge in [-0.3, -0.25) is 9.83 Å². The van der Waals surface area contributed by atoms with Crippen molar-refractivity contribution in [2.75, 3.05) is 113 Å². The van der Waals surface area contributed by atoms with E-state index in [9.17, 15) is 0 Å². The minimum Gasteiger partial charge on any atom is -0.668 e. The fourth-order valence-corrected chi connectivity index (χ4v) is 29.6. The summed E-state index contributed by atoms with van der Waals surface area (Å²) in [6.07, 6.45) is 27.8. The fourth-order valence-electron chi connectivity index (χ4n) is 20.7. The van der Waals surface area contributed by atoms with Gasteiger partial charge in [-0.2, -0.15) is 98.7 Å². The molecule has 4 aromatic carbocycles. The van der Waals surface area contributed by atoms with Crippen LogP contribution in [0.15, 0.2) is 149 Å². The Morgan fingerprint density at radius 2 is 0.626 bits per heavy atom. The molecule has 0 radical (unpaired) electrons. The summed E-state index contributed by atoms with van der Waals surface area (Å²) in [5, 5.41) is 39.6. The summed E-state index contributed by atoms with van der Waals surface area (Å²) in [6, 6.07) is 46.6. The van der Waals surface area contributed by atoms with E-state index in [0.29, 0.717) is 16.5 Å². The van der Waals surface area contributed by atoms with E-state index in [1.54, 1.807) is 126 Å². The number of nitrogens with one attached hydrogen (secondary N) is 2. The summed E-state index contributed by atoms with van der Waals surface area (Å²) in [6.45, 7) is 20.1. The molecule has 12 aliphatic carbocycles. The summed E-state index contributed by atoms with van der Waals surface area (Å²) in [5.41, 5.74) is 5.69. The average molecular weight is 1550 g/mol. The number of rotatable bonds is 8. The third-order valence-electron chi connectivity index (χ3n) is 22.0. The minimum absolute atomic E-state index is 0. The van der Waals surface area contributed by atoms with E-state index < -0.39 is 14.1 Å². The van der Waals surface area contributed by atoms with E-state index >= 15 is 0 Å².